The summed E-state index contributed by atoms with van der Waals surface area (Å²) in [6.45, 7) is 5.76. The van der Waals surface area contributed by atoms with Crippen LogP contribution in [0.3, 0.4) is 0 Å². The lowest BCUT2D eigenvalue weighted by Crippen LogP contribution is -2.32. The van der Waals surface area contributed by atoms with E-state index in [-0.39, 0.29) is 17.7 Å². The highest BCUT2D eigenvalue weighted by atomic mass is 32.2. The minimum atomic E-state index is -3.32. The van der Waals surface area contributed by atoms with Crippen molar-refractivity contribution in [1.82, 2.24) is 5.32 Å². The van der Waals surface area contributed by atoms with E-state index in [2.05, 4.69) is 23.5 Å². The largest absolute Gasteiger partial charge is 0.346 e. The number of anilines is 1. The fourth-order valence-electron chi connectivity index (χ4n) is 3.70. The molecule has 1 N–H and O–H groups in total. The first-order valence-corrected chi connectivity index (χ1v) is 11.5. The van der Waals surface area contributed by atoms with Crippen LogP contribution < -0.4 is 9.62 Å². The molecule has 1 unspecified atom stereocenters. The number of nitrogens with zero attached hydrogens (tertiary/aromatic N) is 1. The van der Waals surface area contributed by atoms with Gasteiger partial charge in [-0.3, -0.25) is 9.10 Å². The number of aryl methyl sites for hydroxylation is 2. The van der Waals surface area contributed by atoms with Gasteiger partial charge in [-0.1, -0.05) is 18.2 Å². The molecule has 0 aliphatic heterocycles. The maximum atomic E-state index is 12.6. The molecule has 150 valence electrons. The molecule has 1 aliphatic carbocycles. The Labute approximate surface area is 167 Å². The summed E-state index contributed by atoms with van der Waals surface area (Å²) < 4.78 is 25.7. The molecule has 3 rings (SSSR count). The van der Waals surface area contributed by atoms with Crippen molar-refractivity contribution in [2.45, 2.75) is 46.1 Å². The molecule has 28 heavy (non-hydrogen) atoms. The Balaban J connectivity index is 1.71. The second-order valence-corrected chi connectivity index (χ2v) is 9.37. The van der Waals surface area contributed by atoms with E-state index in [0.29, 0.717) is 17.8 Å². The molecule has 0 heterocycles. The number of fused-ring (bicyclic) bond motifs is 1. The van der Waals surface area contributed by atoms with Crippen LogP contribution in [0.4, 0.5) is 5.69 Å². The highest BCUT2D eigenvalue weighted by molar-refractivity contribution is 7.92. The predicted molar refractivity (Wildman–Crippen MR) is 113 cm³/mol. The minimum absolute atomic E-state index is 0.0430. The average Bonchev–Trinajstić information content (AvgIpc) is 3.16. The van der Waals surface area contributed by atoms with Crippen molar-refractivity contribution in [2.75, 3.05) is 16.6 Å². The van der Waals surface area contributed by atoms with Gasteiger partial charge in [0, 0.05) is 12.1 Å². The zero-order valence-corrected chi connectivity index (χ0v) is 17.6. The molecule has 2 aromatic carbocycles. The molecule has 0 saturated carbocycles. The van der Waals surface area contributed by atoms with Gasteiger partial charge in [-0.25, -0.2) is 8.42 Å². The van der Waals surface area contributed by atoms with Crippen LogP contribution in [0.25, 0.3) is 0 Å². The lowest BCUT2D eigenvalue weighted by molar-refractivity contribution is 0.0940. The first-order valence-electron chi connectivity index (χ1n) is 9.88. The smallest absolute Gasteiger partial charge is 0.251 e. The van der Waals surface area contributed by atoms with Crippen LogP contribution in [0.1, 0.15) is 60.3 Å². The number of benzene rings is 2. The summed E-state index contributed by atoms with van der Waals surface area (Å²) in [5.41, 5.74) is 5.01. The van der Waals surface area contributed by atoms with Crippen LogP contribution in [0.2, 0.25) is 0 Å². The maximum Gasteiger partial charge on any atom is 0.251 e. The Hall–Kier alpha value is -2.34. The van der Waals surface area contributed by atoms with Gasteiger partial charge in [0.25, 0.3) is 5.91 Å². The number of carbonyl (C=O) groups excluding carboxylic acids is 1. The molecular formula is C22H28N2O3S. The van der Waals surface area contributed by atoms with Crippen LogP contribution in [-0.2, 0) is 22.9 Å². The van der Waals surface area contributed by atoms with E-state index in [9.17, 15) is 13.2 Å². The molecule has 2 aromatic rings. The number of rotatable bonds is 7. The Morgan fingerprint density at radius 1 is 1.07 bits per heavy atom. The van der Waals surface area contributed by atoms with E-state index >= 15 is 0 Å². The summed E-state index contributed by atoms with van der Waals surface area (Å²) in [4.78, 5) is 12.6. The van der Waals surface area contributed by atoms with Crippen LogP contribution in [0, 0.1) is 0 Å². The second-order valence-electron chi connectivity index (χ2n) is 7.19. The maximum absolute atomic E-state index is 12.6. The molecule has 0 radical (unpaired) electrons. The molecule has 6 heteroatoms. The molecule has 0 spiro atoms. The molecule has 0 saturated heterocycles. The van der Waals surface area contributed by atoms with E-state index < -0.39 is 10.0 Å². The Kier molecular flexibility index (Phi) is 6.08. The fourth-order valence-corrected chi connectivity index (χ4v) is 4.85. The predicted octanol–water partition coefficient (Wildman–Crippen LogP) is 3.84. The quantitative estimate of drug-likeness (QED) is 0.768. The summed E-state index contributed by atoms with van der Waals surface area (Å²) in [7, 11) is -3.32. The second kappa shape index (κ2) is 8.35. The Morgan fingerprint density at radius 2 is 1.75 bits per heavy atom. The standard InChI is InChI=1S/C22H28N2O3S/c1-4-24(28(26,27)5-2)21-13-11-18(12-14-21)22(25)23-16(3)19-10-9-17-7-6-8-20(17)15-19/h9-16H,4-8H2,1-3H3,(H,23,25). The van der Waals surface area contributed by atoms with Crippen molar-refractivity contribution >= 4 is 21.6 Å². The average molecular weight is 401 g/mol. The number of hydrogen-bond acceptors (Lipinski definition) is 3. The van der Waals surface area contributed by atoms with Crippen molar-refractivity contribution < 1.29 is 13.2 Å². The SMILES string of the molecule is CCN(c1ccc(C(=O)NC(C)c2ccc3c(c2)CCC3)cc1)S(=O)(=O)CC. The molecule has 1 atom stereocenters. The lowest BCUT2D eigenvalue weighted by Gasteiger charge is -2.22. The number of hydrogen-bond donors (Lipinski definition) is 1. The molecule has 5 nitrogen and oxygen atoms in total. The third-order valence-corrected chi connectivity index (χ3v) is 7.25. The van der Waals surface area contributed by atoms with Gasteiger partial charge < -0.3 is 5.32 Å². The lowest BCUT2D eigenvalue weighted by atomic mass is 10.0. The monoisotopic (exact) mass is 400 g/mol. The zero-order valence-electron chi connectivity index (χ0n) is 16.7. The van der Waals surface area contributed by atoms with Gasteiger partial charge in [0.2, 0.25) is 10.0 Å². The molecule has 1 amide bonds. The number of carbonyl (C=O) groups is 1. The first-order chi connectivity index (χ1) is 13.4. The van der Waals surface area contributed by atoms with Crippen molar-refractivity contribution in [3.05, 3.63) is 64.7 Å². The van der Waals surface area contributed by atoms with Crippen LogP contribution in [0.15, 0.2) is 42.5 Å². The fraction of sp³-hybridized carbons (Fsp3) is 0.409. The summed E-state index contributed by atoms with van der Waals surface area (Å²) in [5.74, 6) is -0.123. The van der Waals surface area contributed by atoms with Crippen LogP contribution in [-0.4, -0.2) is 26.6 Å². The van der Waals surface area contributed by atoms with E-state index in [1.54, 1.807) is 38.1 Å². The van der Waals surface area contributed by atoms with E-state index in [0.717, 1.165) is 18.4 Å². The minimum Gasteiger partial charge on any atom is -0.346 e. The van der Waals surface area contributed by atoms with Crippen molar-refractivity contribution in [3.8, 4) is 0 Å². The first kappa shape index (κ1) is 20.4. The van der Waals surface area contributed by atoms with Crippen LogP contribution in [0.5, 0.6) is 0 Å². The van der Waals surface area contributed by atoms with Gasteiger partial charge in [0.05, 0.1) is 17.5 Å². The molecular weight excluding hydrogens is 372 g/mol. The Morgan fingerprint density at radius 3 is 2.39 bits per heavy atom. The van der Waals surface area contributed by atoms with Crippen molar-refractivity contribution in [1.29, 1.82) is 0 Å². The van der Waals surface area contributed by atoms with Crippen molar-refractivity contribution in [2.24, 2.45) is 0 Å². The summed E-state index contributed by atoms with van der Waals surface area (Å²) >= 11 is 0. The van der Waals surface area contributed by atoms with Gasteiger partial charge in [-0.15, -0.1) is 0 Å². The van der Waals surface area contributed by atoms with Gasteiger partial charge >= 0.3 is 0 Å². The van der Waals surface area contributed by atoms with Gasteiger partial charge in [0.1, 0.15) is 0 Å². The van der Waals surface area contributed by atoms with Crippen molar-refractivity contribution in [3.63, 3.8) is 0 Å². The highest BCUT2D eigenvalue weighted by Crippen LogP contribution is 2.26. The van der Waals surface area contributed by atoms with Crippen LogP contribution >= 0.6 is 0 Å². The third-order valence-electron chi connectivity index (χ3n) is 5.38. The normalized spacial score (nSPS) is 14.4. The number of nitrogens with one attached hydrogen (secondary N) is 1. The van der Waals surface area contributed by atoms with Gasteiger partial charge in [0.15, 0.2) is 0 Å². The molecule has 0 bridgehead atoms. The Bertz CT molecular complexity index is 952. The van der Waals surface area contributed by atoms with Gasteiger partial charge in [-0.2, -0.15) is 0 Å². The third kappa shape index (κ3) is 4.22. The molecule has 0 fully saturated rings. The summed E-state index contributed by atoms with van der Waals surface area (Å²) in [6.07, 6.45) is 3.46. The highest BCUT2D eigenvalue weighted by Gasteiger charge is 2.20. The number of sulfonamides is 1. The topological polar surface area (TPSA) is 66.5 Å². The summed E-state index contributed by atoms with van der Waals surface area (Å²) in [6, 6.07) is 13.1. The number of amides is 1. The van der Waals surface area contributed by atoms with Gasteiger partial charge in [-0.05, 0) is 81.0 Å². The van der Waals surface area contributed by atoms with E-state index in [1.165, 1.54) is 21.9 Å². The molecule has 0 aromatic heterocycles. The van der Waals surface area contributed by atoms with E-state index in [1.807, 2.05) is 6.92 Å². The zero-order chi connectivity index (χ0) is 20.3. The summed E-state index contributed by atoms with van der Waals surface area (Å²) in [5, 5.41) is 3.04. The van der Waals surface area contributed by atoms with E-state index in [4.69, 9.17) is 0 Å². The molecule has 1 aliphatic rings.